The summed E-state index contributed by atoms with van der Waals surface area (Å²) in [5.74, 6) is -0.320. The van der Waals surface area contributed by atoms with Gasteiger partial charge in [0.25, 0.3) is 11.8 Å². The predicted molar refractivity (Wildman–Crippen MR) is 130 cm³/mol. The van der Waals surface area contributed by atoms with Crippen LogP contribution in [0.4, 0.5) is 0 Å². The van der Waals surface area contributed by atoms with Gasteiger partial charge < -0.3 is 14.6 Å². The third-order valence-electron chi connectivity index (χ3n) is 5.78. The molecule has 0 aliphatic carbocycles. The van der Waals surface area contributed by atoms with Gasteiger partial charge in [-0.25, -0.2) is 4.98 Å². The van der Waals surface area contributed by atoms with E-state index in [-0.39, 0.29) is 19.3 Å². The zero-order chi connectivity index (χ0) is 23.2. The number of pyridine rings is 1. The lowest BCUT2D eigenvalue weighted by Gasteiger charge is -2.28. The average Bonchev–Trinajstić information content (AvgIpc) is 3.27. The number of carbonyl (C=O) groups is 2. The fourth-order valence-corrected chi connectivity index (χ4v) is 3.93. The number of rotatable bonds is 8. The second-order valence-electron chi connectivity index (χ2n) is 8.11. The SMILES string of the molecule is Cc1cccc(C(=O)NCC[C@H](Cc2ccccc2)N(C)C(=O)c2coc3ccccc23)n1.[HH]. The molecule has 0 bridgehead atoms. The van der Waals surface area contributed by atoms with Crippen molar-refractivity contribution in [3.8, 4) is 0 Å². The topological polar surface area (TPSA) is 75.4 Å². The van der Waals surface area contributed by atoms with E-state index < -0.39 is 0 Å². The molecule has 1 N–H and O–H groups in total. The lowest BCUT2D eigenvalue weighted by atomic mass is 10.0. The van der Waals surface area contributed by atoms with Gasteiger partial charge in [-0.1, -0.05) is 54.6 Å². The summed E-state index contributed by atoms with van der Waals surface area (Å²) >= 11 is 0. The highest BCUT2D eigenvalue weighted by Gasteiger charge is 2.24. The molecule has 2 aromatic heterocycles. The molecule has 0 aliphatic heterocycles. The van der Waals surface area contributed by atoms with Crippen LogP contribution in [0.2, 0.25) is 0 Å². The van der Waals surface area contributed by atoms with Crippen LogP contribution in [0.1, 0.15) is 40.0 Å². The molecule has 0 saturated carbocycles. The molecule has 0 fully saturated rings. The number of aryl methyl sites for hydroxylation is 1. The Morgan fingerprint density at radius 2 is 1.79 bits per heavy atom. The van der Waals surface area contributed by atoms with Crippen molar-refractivity contribution in [3.05, 3.63) is 102 Å². The second-order valence-corrected chi connectivity index (χ2v) is 8.11. The summed E-state index contributed by atoms with van der Waals surface area (Å²) in [6.07, 6.45) is 2.80. The van der Waals surface area contributed by atoms with Crippen molar-refractivity contribution in [2.24, 2.45) is 0 Å². The van der Waals surface area contributed by atoms with Crippen molar-refractivity contribution in [2.75, 3.05) is 13.6 Å². The summed E-state index contributed by atoms with van der Waals surface area (Å²) in [6, 6.07) is 22.8. The molecule has 4 aromatic rings. The molecular weight excluding hydrogens is 414 g/mol. The number of para-hydroxylation sites is 1. The van der Waals surface area contributed by atoms with E-state index in [0.29, 0.717) is 36.2 Å². The molecule has 0 unspecified atom stereocenters. The van der Waals surface area contributed by atoms with Crippen LogP contribution in [0.3, 0.4) is 0 Å². The fraction of sp³-hybridized carbons (Fsp3) is 0.222. The van der Waals surface area contributed by atoms with E-state index in [1.807, 2.05) is 80.7 Å². The first-order valence-corrected chi connectivity index (χ1v) is 11.0. The Morgan fingerprint density at radius 3 is 2.58 bits per heavy atom. The molecule has 4 rings (SSSR count). The number of fused-ring (bicyclic) bond motifs is 1. The molecule has 2 amide bonds. The van der Waals surface area contributed by atoms with Gasteiger partial charge in [0.1, 0.15) is 17.5 Å². The van der Waals surface area contributed by atoms with Crippen LogP contribution in [0.5, 0.6) is 0 Å². The minimum atomic E-state index is -0.216. The maximum absolute atomic E-state index is 13.4. The molecule has 2 heterocycles. The van der Waals surface area contributed by atoms with Gasteiger partial charge in [-0.3, -0.25) is 9.59 Å². The molecule has 0 aliphatic rings. The van der Waals surface area contributed by atoms with Crippen molar-refractivity contribution in [1.29, 1.82) is 0 Å². The highest BCUT2D eigenvalue weighted by molar-refractivity contribution is 6.05. The molecule has 2 aromatic carbocycles. The molecule has 33 heavy (non-hydrogen) atoms. The van der Waals surface area contributed by atoms with E-state index >= 15 is 0 Å². The van der Waals surface area contributed by atoms with Crippen LogP contribution in [0.15, 0.2) is 83.5 Å². The van der Waals surface area contributed by atoms with Crippen LogP contribution in [-0.4, -0.2) is 41.3 Å². The van der Waals surface area contributed by atoms with Gasteiger partial charge in [-0.15, -0.1) is 0 Å². The quantitative estimate of drug-likeness (QED) is 0.421. The summed E-state index contributed by atoms with van der Waals surface area (Å²) in [5.41, 5.74) is 3.54. The van der Waals surface area contributed by atoms with Gasteiger partial charge >= 0.3 is 0 Å². The molecule has 0 saturated heterocycles. The van der Waals surface area contributed by atoms with Crippen molar-refractivity contribution in [3.63, 3.8) is 0 Å². The Labute approximate surface area is 194 Å². The maximum atomic E-state index is 13.4. The second kappa shape index (κ2) is 10.1. The van der Waals surface area contributed by atoms with Crippen molar-refractivity contribution < 1.29 is 15.4 Å². The van der Waals surface area contributed by atoms with Gasteiger partial charge in [0.05, 0.1) is 5.56 Å². The monoisotopic (exact) mass is 443 g/mol. The van der Waals surface area contributed by atoms with Gasteiger partial charge in [-0.05, 0) is 43.5 Å². The number of hydrogen-bond acceptors (Lipinski definition) is 4. The normalized spacial score (nSPS) is 11.8. The Hall–Kier alpha value is -3.93. The third-order valence-corrected chi connectivity index (χ3v) is 5.78. The number of nitrogens with zero attached hydrogens (tertiary/aromatic N) is 2. The van der Waals surface area contributed by atoms with Crippen LogP contribution in [0, 0.1) is 6.92 Å². The van der Waals surface area contributed by atoms with Crippen molar-refractivity contribution in [1.82, 2.24) is 15.2 Å². The minimum Gasteiger partial charge on any atom is -0.463 e. The van der Waals surface area contributed by atoms with E-state index in [0.717, 1.165) is 16.6 Å². The number of aromatic nitrogens is 1. The Morgan fingerprint density at radius 1 is 1.03 bits per heavy atom. The van der Waals surface area contributed by atoms with E-state index in [2.05, 4.69) is 10.3 Å². The maximum Gasteiger partial charge on any atom is 0.269 e. The summed E-state index contributed by atoms with van der Waals surface area (Å²) in [4.78, 5) is 31.9. The van der Waals surface area contributed by atoms with Gasteiger partial charge in [-0.2, -0.15) is 0 Å². The first kappa shape index (κ1) is 22.3. The smallest absolute Gasteiger partial charge is 0.269 e. The first-order valence-electron chi connectivity index (χ1n) is 11.0. The van der Waals surface area contributed by atoms with Crippen LogP contribution < -0.4 is 5.32 Å². The lowest BCUT2D eigenvalue weighted by Crippen LogP contribution is -2.41. The number of nitrogens with one attached hydrogen (secondary N) is 1. The molecule has 170 valence electrons. The highest BCUT2D eigenvalue weighted by atomic mass is 16.3. The average molecular weight is 444 g/mol. The zero-order valence-electron chi connectivity index (χ0n) is 18.8. The summed E-state index contributed by atoms with van der Waals surface area (Å²) in [5, 5.41) is 3.74. The number of furan rings is 1. The molecule has 0 spiro atoms. The van der Waals surface area contributed by atoms with E-state index in [4.69, 9.17) is 4.42 Å². The van der Waals surface area contributed by atoms with Crippen LogP contribution in [0.25, 0.3) is 11.0 Å². The van der Waals surface area contributed by atoms with Crippen LogP contribution in [-0.2, 0) is 6.42 Å². The first-order chi connectivity index (χ1) is 16.0. The fourth-order valence-electron chi connectivity index (χ4n) is 3.93. The van der Waals surface area contributed by atoms with Crippen LogP contribution >= 0.6 is 0 Å². The minimum absolute atomic E-state index is 0. The summed E-state index contributed by atoms with van der Waals surface area (Å²) < 4.78 is 5.58. The number of hydrogen-bond donors (Lipinski definition) is 1. The highest BCUT2D eigenvalue weighted by Crippen LogP contribution is 2.23. The van der Waals surface area contributed by atoms with E-state index in [9.17, 15) is 9.59 Å². The molecule has 6 heteroatoms. The van der Waals surface area contributed by atoms with Gasteiger partial charge in [0.15, 0.2) is 0 Å². The Bertz CT molecular complexity index is 1260. The molecule has 6 nitrogen and oxygen atoms in total. The van der Waals surface area contributed by atoms with Crippen molar-refractivity contribution >= 4 is 22.8 Å². The number of amides is 2. The van der Waals surface area contributed by atoms with E-state index in [1.54, 1.807) is 11.0 Å². The standard InChI is InChI=1S/C27H27N3O3.H2/c1-19-9-8-13-24(29-19)26(31)28-16-15-21(17-20-10-4-3-5-11-20)30(2)27(32)23-18-33-25-14-7-6-12-22(23)25;/h3-14,18,21H,15-17H2,1-2H3,(H,28,31);1H/t21-;/m1./s1. The predicted octanol–water partition coefficient (Wildman–Crippen LogP) is 4.89. The number of likely N-dealkylation sites (N-methyl/N-ethyl adjacent to an activating group) is 1. The zero-order valence-corrected chi connectivity index (χ0v) is 18.8. The third kappa shape index (κ3) is 5.29. The van der Waals surface area contributed by atoms with Crippen molar-refractivity contribution in [2.45, 2.75) is 25.8 Å². The Kier molecular flexibility index (Phi) is 6.83. The lowest BCUT2D eigenvalue weighted by molar-refractivity contribution is 0.0724. The molecule has 0 radical (unpaired) electrons. The molecule has 1 atom stereocenters. The summed E-state index contributed by atoms with van der Waals surface area (Å²) in [7, 11) is 1.81. The van der Waals surface area contributed by atoms with Gasteiger partial charge in [0, 0.05) is 32.1 Å². The molecular formula is C27H29N3O3. The van der Waals surface area contributed by atoms with Gasteiger partial charge in [0.2, 0.25) is 0 Å². The largest absolute Gasteiger partial charge is 0.463 e. The number of carbonyl (C=O) groups excluding carboxylic acids is 2. The summed E-state index contributed by atoms with van der Waals surface area (Å²) in [6.45, 7) is 2.28. The van der Waals surface area contributed by atoms with E-state index in [1.165, 1.54) is 6.26 Å². The number of benzene rings is 2. The Balaban J connectivity index is 0.00000324.